The Balaban J connectivity index is 2.21. The van der Waals surface area contributed by atoms with Crippen LogP contribution in [-0.2, 0) is 0 Å². The molecule has 3 rings (SSSR count). The quantitative estimate of drug-likeness (QED) is 0.745. The van der Waals surface area contributed by atoms with E-state index in [4.69, 9.17) is 4.74 Å². The van der Waals surface area contributed by atoms with E-state index in [2.05, 4.69) is 4.98 Å². The number of carboxylic acids is 1. The van der Waals surface area contributed by atoms with E-state index in [9.17, 15) is 14.3 Å². The van der Waals surface area contributed by atoms with Crippen LogP contribution in [0.4, 0.5) is 4.39 Å². The fourth-order valence-electron chi connectivity index (χ4n) is 2.27. The summed E-state index contributed by atoms with van der Waals surface area (Å²) >= 11 is 0. The number of carboxylic acid groups (broad SMARTS) is 1. The zero-order valence-electron chi connectivity index (χ0n) is 11.7. The van der Waals surface area contributed by atoms with Gasteiger partial charge in [-0.05, 0) is 37.3 Å². The summed E-state index contributed by atoms with van der Waals surface area (Å²) in [5.41, 5.74) is 0.509. The number of carbonyl (C=O) groups excluding carboxylic acids is 1. The molecule has 0 unspecified atom stereocenters. The predicted molar refractivity (Wildman–Crippen MR) is 77.3 cm³/mol. The second-order valence-corrected chi connectivity index (χ2v) is 4.78. The number of ether oxygens (including phenoxy) is 1. The summed E-state index contributed by atoms with van der Waals surface area (Å²) < 4.78 is 19.0. The van der Waals surface area contributed by atoms with Crippen molar-refractivity contribution in [1.82, 2.24) is 4.98 Å². The first-order chi connectivity index (χ1) is 10.6. The van der Waals surface area contributed by atoms with Crippen molar-refractivity contribution in [2.24, 2.45) is 0 Å². The maximum absolute atomic E-state index is 13.4. The second-order valence-electron chi connectivity index (χ2n) is 4.78. The minimum Gasteiger partial charge on any atom is -0.545 e. The molecule has 0 spiro atoms. The number of nitrogens with zero attached hydrogens (tertiary/aromatic N) is 1. The van der Waals surface area contributed by atoms with Gasteiger partial charge in [-0.1, -0.05) is 18.2 Å². The molecule has 0 fully saturated rings. The summed E-state index contributed by atoms with van der Waals surface area (Å²) in [7, 11) is 0. The summed E-state index contributed by atoms with van der Waals surface area (Å²) in [6.07, 6.45) is 0. The molecule has 22 heavy (non-hydrogen) atoms. The minimum atomic E-state index is -1.39. The van der Waals surface area contributed by atoms with E-state index in [0.29, 0.717) is 16.8 Å². The first kappa shape index (κ1) is 14.0. The van der Waals surface area contributed by atoms with Gasteiger partial charge in [-0.15, -0.1) is 0 Å². The lowest BCUT2D eigenvalue weighted by Crippen LogP contribution is -2.24. The van der Waals surface area contributed by atoms with Gasteiger partial charge in [-0.2, -0.15) is 0 Å². The Morgan fingerprint density at radius 2 is 1.91 bits per heavy atom. The molecule has 5 heteroatoms. The smallest absolute Gasteiger partial charge is 0.223 e. The Morgan fingerprint density at radius 3 is 2.59 bits per heavy atom. The van der Waals surface area contributed by atoms with Gasteiger partial charge in [0.25, 0.3) is 0 Å². The van der Waals surface area contributed by atoms with Gasteiger partial charge in [-0.3, -0.25) is 0 Å². The summed E-state index contributed by atoms with van der Waals surface area (Å²) in [4.78, 5) is 15.7. The van der Waals surface area contributed by atoms with Crippen molar-refractivity contribution in [3.8, 4) is 11.6 Å². The van der Waals surface area contributed by atoms with Gasteiger partial charge in [0.2, 0.25) is 5.88 Å². The van der Waals surface area contributed by atoms with Crippen LogP contribution >= 0.6 is 0 Å². The van der Waals surface area contributed by atoms with Gasteiger partial charge in [-0.25, -0.2) is 9.37 Å². The highest BCUT2D eigenvalue weighted by Gasteiger charge is 2.15. The summed E-state index contributed by atoms with van der Waals surface area (Å²) in [6, 6.07) is 12.6. The number of benzene rings is 2. The third-order valence-electron chi connectivity index (χ3n) is 3.31. The molecular formula is C17H11FNO3-. The summed E-state index contributed by atoms with van der Waals surface area (Å²) in [6.45, 7) is 1.56. The van der Waals surface area contributed by atoms with Crippen molar-refractivity contribution in [2.75, 3.05) is 0 Å². The van der Waals surface area contributed by atoms with Crippen molar-refractivity contribution < 1.29 is 19.0 Å². The van der Waals surface area contributed by atoms with E-state index in [1.54, 1.807) is 31.2 Å². The van der Waals surface area contributed by atoms with Crippen molar-refractivity contribution in [1.29, 1.82) is 0 Å². The fraction of sp³-hybridized carbons (Fsp3) is 0.0588. The topological polar surface area (TPSA) is 62.2 Å². The van der Waals surface area contributed by atoms with E-state index >= 15 is 0 Å². The minimum absolute atomic E-state index is 0.115. The van der Waals surface area contributed by atoms with Crippen LogP contribution in [-0.4, -0.2) is 11.0 Å². The molecule has 0 atom stereocenters. The molecule has 1 heterocycles. The van der Waals surface area contributed by atoms with Gasteiger partial charge in [0.1, 0.15) is 11.6 Å². The molecular weight excluding hydrogens is 285 g/mol. The number of rotatable bonds is 3. The first-order valence-electron chi connectivity index (χ1n) is 6.60. The maximum atomic E-state index is 13.4. The molecule has 3 aromatic rings. The standard InChI is InChI=1S/C17H12FNO3/c1-10-15(17(20)21)13-9-11(18)7-8-14(13)19-16(10)22-12-5-3-2-4-6-12/h2-9H,1H3,(H,20,21)/p-1. The number of aromatic carboxylic acids is 1. The summed E-state index contributed by atoms with van der Waals surface area (Å²) in [5.74, 6) is -1.24. The molecule has 0 bridgehead atoms. The highest BCUT2D eigenvalue weighted by atomic mass is 19.1. The monoisotopic (exact) mass is 296 g/mol. The number of fused-ring (bicyclic) bond motifs is 1. The van der Waals surface area contributed by atoms with Crippen LogP contribution in [0.15, 0.2) is 48.5 Å². The zero-order chi connectivity index (χ0) is 15.7. The fourth-order valence-corrected chi connectivity index (χ4v) is 2.27. The molecule has 0 saturated carbocycles. The average molecular weight is 296 g/mol. The van der Waals surface area contributed by atoms with Gasteiger partial charge >= 0.3 is 0 Å². The van der Waals surface area contributed by atoms with Crippen molar-refractivity contribution in [3.63, 3.8) is 0 Å². The Kier molecular flexibility index (Phi) is 3.47. The lowest BCUT2D eigenvalue weighted by Gasteiger charge is -2.15. The number of hydrogen-bond acceptors (Lipinski definition) is 4. The molecule has 0 aliphatic rings. The molecule has 110 valence electrons. The molecule has 4 nitrogen and oxygen atoms in total. The first-order valence-corrected chi connectivity index (χ1v) is 6.60. The van der Waals surface area contributed by atoms with Crippen molar-refractivity contribution in [2.45, 2.75) is 6.92 Å². The Bertz CT molecular complexity index is 863. The highest BCUT2D eigenvalue weighted by Crippen LogP contribution is 2.30. The molecule has 0 saturated heterocycles. The van der Waals surface area contributed by atoms with E-state index in [0.717, 1.165) is 6.07 Å². The van der Waals surface area contributed by atoms with E-state index < -0.39 is 11.8 Å². The number of aromatic nitrogens is 1. The number of carbonyl (C=O) groups is 1. The largest absolute Gasteiger partial charge is 0.545 e. The van der Waals surface area contributed by atoms with Crippen LogP contribution in [0.25, 0.3) is 10.9 Å². The highest BCUT2D eigenvalue weighted by molar-refractivity contribution is 6.03. The zero-order valence-corrected chi connectivity index (χ0v) is 11.7. The molecule has 0 aliphatic carbocycles. The van der Waals surface area contributed by atoms with Crippen LogP contribution in [0.5, 0.6) is 11.6 Å². The van der Waals surface area contributed by atoms with Crippen LogP contribution in [0.1, 0.15) is 15.9 Å². The van der Waals surface area contributed by atoms with E-state index in [-0.39, 0.29) is 16.8 Å². The lowest BCUT2D eigenvalue weighted by molar-refractivity contribution is -0.254. The third kappa shape index (κ3) is 2.48. The molecule has 0 N–H and O–H groups in total. The van der Waals surface area contributed by atoms with Crippen LogP contribution in [0, 0.1) is 12.7 Å². The van der Waals surface area contributed by atoms with Gasteiger partial charge in [0.15, 0.2) is 0 Å². The second kappa shape index (κ2) is 5.44. The van der Waals surface area contributed by atoms with E-state index in [1.807, 2.05) is 6.07 Å². The number of halogens is 1. The lowest BCUT2D eigenvalue weighted by atomic mass is 10.0. The van der Waals surface area contributed by atoms with Gasteiger partial charge < -0.3 is 14.6 Å². The number of pyridine rings is 1. The van der Waals surface area contributed by atoms with Crippen molar-refractivity contribution in [3.05, 3.63) is 65.5 Å². The number of para-hydroxylation sites is 1. The van der Waals surface area contributed by atoms with Gasteiger partial charge in [0, 0.05) is 16.5 Å². The van der Waals surface area contributed by atoms with Gasteiger partial charge in [0.05, 0.1) is 11.5 Å². The van der Waals surface area contributed by atoms with Crippen LogP contribution < -0.4 is 9.84 Å². The van der Waals surface area contributed by atoms with E-state index in [1.165, 1.54) is 12.1 Å². The summed E-state index contributed by atoms with van der Waals surface area (Å²) in [5, 5.41) is 11.6. The normalized spacial score (nSPS) is 10.6. The molecule has 0 aliphatic heterocycles. The molecule has 0 radical (unpaired) electrons. The average Bonchev–Trinajstić information content (AvgIpc) is 2.49. The molecule has 1 aromatic heterocycles. The molecule has 0 amide bonds. The Labute approximate surface area is 125 Å². The third-order valence-corrected chi connectivity index (χ3v) is 3.31. The Hall–Kier alpha value is -2.95. The maximum Gasteiger partial charge on any atom is 0.223 e. The van der Waals surface area contributed by atoms with Crippen molar-refractivity contribution >= 4 is 16.9 Å². The van der Waals surface area contributed by atoms with Crippen LogP contribution in [0.2, 0.25) is 0 Å². The molecule has 2 aromatic carbocycles. The predicted octanol–water partition coefficient (Wildman–Crippen LogP) is 2.84. The number of hydrogen-bond donors (Lipinski definition) is 0. The SMILES string of the molecule is Cc1c(Oc2ccccc2)nc2ccc(F)cc2c1C(=O)[O-]. The Morgan fingerprint density at radius 1 is 1.18 bits per heavy atom. The van der Waals surface area contributed by atoms with Crippen LogP contribution in [0.3, 0.4) is 0 Å².